The highest BCUT2D eigenvalue weighted by atomic mass is 16.4. The van der Waals surface area contributed by atoms with E-state index in [4.69, 9.17) is 5.11 Å². The Morgan fingerprint density at radius 2 is 1.82 bits per heavy atom. The van der Waals surface area contributed by atoms with Crippen LogP contribution < -0.4 is 0 Å². The standard InChI is InChI=1S/C14H20O3/c1-8-6-12(15)10(9(2)13(16)17)7-11(8)14(3,4)5/h6-7,9,15H,1-5H3,(H,16,17). The van der Waals surface area contributed by atoms with Gasteiger partial charge in [-0.15, -0.1) is 0 Å². The van der Waals surface area contributed by atoms with Crippen LogP contribution in [0.4, 0.5) is 0 Å². The predicted octanol–water partition coefficient (Wildman–Crippen LogP) is 3.19. The molecule has 3 nitrogen and oxygen atoms in total. The fourth-order valence-electron chi connectivity index (χ4n) is 2.00. The summed E-state index contributed by atoms with van der Waals surface area (Å²) in [5.41, 5.74) is 2.47. The first-order valence-electron chi connectivity index (χ1n) is 5.71. The number of carboxylic acid groups (broad SMARTS) is 1. The normalized spacial score (nSPS) is 13.5. The number of rotatable bonds is 2. The molecule has 0 heterocycles. The van der Waals surface area contributed by atoms with Crippen LogP contribution in [0.5, 0.6) is 5.75 Å². The molecule has 1 aromatic carbocycles. The molecule has 0 aliphatic carbocycles. The molecule has 0 amide bonds. The molecule has 0 fully saturated rings. The van der Waals surface area contributed by atoms with Crippen LogP contribution in [0.25, 0.3) is 0 Å². The minimum atomic E-state index is -0.927. The van der Waals surface area contributed by atoms with Crippen LogP contribution in [0.3, 0.4) is 0 Å². The average Bonchev–Trinajstić information content (AvgIpc) is 2.14. The number of aliphatic carboxylic acids is 1. The average molecular weight is 236 g/mol. The van der Waals surface area contributed by atoms with E-state index in [0.29, 0.717) is 5.56 Å². The van der Waals surface area contributed by atoms with Crippen molar-refractivity contribution in [3.63, 3.8) is 0 Å². The Morgan fingerprint density at radius 1 is 1.29 bits per heavy atom. The Hall–Kier alpha value is -1.51. The van der Waals surface area contributed by atoms with Gasteiger partial charge < -0.3 is 10.2 Å². The number of phenols is 1. The number of phenolic OH excluding ortho intramolecular Hbond substituents is 1. The number of hydrogen-bond acceptors (Lipinski definition) is 2. The highest BCUT2D eigenvalue weighted by Gasteiger charge is 2.23. The predicted molar refractivity (Wildman–Crippen MR) is 67.6 cm³/mol. The van der Waals surface area contributed by atoms with Gasteiger partial charge in [0.15, 0.2) is 0 Å². The van der Waals surface area contributed by atoms with E-state index >= 15 is 0 Å². The first-order chi connectivity index (χ1) is 7.64. The van der Waals surface area contributed by atoms with E-state index in [2.05, 4.69) is 20.8 Å². The van der Waals surface area contributed by atoms with Crippen molar-refractivity contribution in [3.8, 4) is 5.75 Å². The van der Waals surface area contributed by atoms with Crippen molar-refractivity contribution in [3.05, 3.63) is 28.8 Å². The SMILES string of the molecule is Cc1cc(O)c(C(C)C(=O)O)cc1C(C)(C)C. The third-order valence-electron chi connectivity index (χ3n) is 3.02. The second-order valence-electron chi connectivity index (χ2n) is 5.54. The molecule has 1 aromatic rings. The van der Waals surface area contributed by atoms with Gasteiger partial charge in [-0.05, 0) is 36.5 Å². The van der Waals surface area contributed by atoms with Crippen molar-refractivity contribution >= 4 is 5.97 Å². The minimum absolute atomic E-state index is 0.0606. The molecule has 94 valence electrons. The molecule has 1 unspecified atom stereocenters. The molecule has 0 bridgehead atoms. The van der Waals surface area contributed by atoms with Crippen LogP contribution in [0.15, 0.2) is 12.1 Å². The molecule has 0 aliphatic rings. The second-order valence-corrected chi connectivity index (χ2v) is 5.54. The van der Waals surface area contributed by atoms with Crippen LogP contribution in [0, 0.1) is 6.92 Å². The fraction of sp³-hybridized carbons (Fsp3) is 0.500. The quantitative estimate of drug-likeness (QED) is 0.829. The third-order valence-corrected chi connectivity index (χ3v) is 3.02. The summed E-state index contributed by atoms with van der Waals surface area (Å²) in [5, 5.41) is 18.8. The zero-order chi connectivity index (χ0) is 13.4. The molecule has 0 saturated carbocycles. The number of hydrogen-bond donors (Lipinski definition) is 2. The van der Waals surface area contributed by atoms with Crippen LogP contribution in [-0.2, 0) is 10.2 Å². The monoisotopic (exact) mass is 236 g/mol. The van der Waals surface area contributed by atoms with Crippen molar-refractivity contribution in [2.75, 3.05) is 0 Å². The van der Waals surface area contributed by atoms with Crippen molar-refractivity contribution in [2.45, 2.75) is 46.0 Å². The lowest BCUT2D eigenvalue weighted by atomic mass is 9.81. The van der Waals surface area contributed by atoms with E-state index in [9.17, 15) is 9.90 Å². The maximum absolute atomic E-state index is 11.0. The van der Waals surface area contributed by atoms with Crippen LogP contribution in [-0.4, -0.2) is 16.2 Å². The lowest BCUT2D eigenvalue weighted by Crippen LogP contribution is -2.15. The molecule has 0 spiro atoms. The highest BCUT2D eigenvalue weighted by molar-refractivity contribution is 5.77. The maximum Gasteiger partial charge on any atom is 0.310 e. The molecule has 0 radical (unpaired) electrons. The summed E-state index contributed by atoms with van der Waals surface area (Å²) in [7, 11) is 0. The van der Waals surface area contributed by atoms with Gasteiger partial charge in [0.2, 0.25) is 0 Å². The molecule has 0 saturated heterocycles. The summed E-state index contributed by atoms with van der Waals surface area (Å²) < 4.78 is 0. The lowest BCUT2D eigenvalue weighted by Gasteiger charge is -2.24. The molecule has 0 aromatic heterocycles. The molecular formula is C14H20O3. The summed E-state index contributed by atoms with van der Waals surface area (Å²) in [4.78, 5) is 11.0. The molecule has 3 heteroatoms. The van der Waals surface area contributed by atoms with Gasteiger partial charge in [0, 0.05) is 5.56 Å². The van der Waals surface area contributed by atoms with Gasteiger partial charge in [-0.25, -0.2) is 0 Å². The zero-order valence-electron chi connectivity index (χ0n) is 11.0. The fourth-order valence-corrected chi connectivity index (χ4v) is 2.00. The van der Waals surface area contributed by atoms with E-state index in [1.807, 2.05) is 13.0 Å². The Morgan fingerprint density at radius 3 is 2.24 bits per heavy atom. The first-order valence-corrected chi connectivity index (χ1v) is 5.71. The number of aromatic hydroxyl groups is 1. The maximum atomic E-state index is 11.0. The molecule has 2 N–H and O–H groups in total. The first kappa shape index (κ1) is 13.6. The smallest absolute Gasteiger partial charge is 0.310 e. The largest absolute Gasteiger partial charge is 0.508 e. The van der Waals surface area contributed by atoms with Gasteiger partial charge in [0.05, 0.1) is 5.92 Å². The zero-order valence-corrected chi connectivity index (χ0v) is 11.0. The molecule has 1 rings (SSSR count). The number of carbonyl (C=O) groups is 1. The van der Waals surface area contributed by atoms with Crippen molar-refractivity contribution in [1.82, 2.24) is 0 Å². The van der Waals surface area contributed by atoms with Gasteiger partial charge in [-0.1, -0.05) is 26.8 Å². The van der Waals surface area contributed by atoms with Crippen LogP contribution in [0.2, 0.25) is 0 Å². The van der Waals surface area contributed by atoms with Gasteiger partial charge in [0.25, 0.3) is 0 Å². The van der Waals surface area contributed by atoms with Crippen molar-refractivity contribution in [2.24, 2.45) is 0 Å². The van der Waals surface area contributed by atoms with Crippen LogP contribution >= 0.6 is 0 Å². The van der Waals surface area contributed by atoms with Gasteiger partial charge in [-0.2, -0.15) is 0 Å². The Bertz CT molecular complexity index is 442. The molecule has 1 atom stereocenters. The number of carboxylic acids is 1. The second kappa shape index (κ2) is 4.40. The molecule has 17 heavy (non-hydrogen) atoms. The summed E-state index contributed by atoms with van der Waals surface area (Å²) in [5.74, 6) is -1.56. The van der Waals surface area contributed by atoms with Gasteiger partial charge in [0.1, 0.15) is 5.75 Å². The number of benzene rings is 1. The van der Waals surface area contributed by atoms with Gasteiger partial charge in [-0.3, -0.25) is 4.79 Å². The lowest BCUT2D eigenvalue weighted by molar-refractivity contribution is -0.138. The van der Waals surface area contributed by atoms with E-state index in [1.165, 1.54) is 0 Å². The van der Waals surface area contributed by atoms with E-state index in [1.54, 1.807) is 13.0 Å². The summed E-state index contributed by atoms with van der Waals surface area (Å²) in [6, 6.07) is 3.46. The number of aryl methyl sites for hydroxylation is 1. The van der Waals surface area contributed by atoms with Gasteiger partial charge >= 0.3 is 5.97 Å². The third kappa shape index (κ3) is 2.78. The molecular weight excluding hydrogens is 216 g/mol. The topological polar surface area (TPSA) is 57.5 Å². The minimum Gasteiger partial charge on any atom is -0.508 e. The summed E-state index contributed by atoms with van der Waals surface area (Å²) >= 11 is 0. The highest BCUT2D eigenvalue weighted by Crippen LogP contribution is 2.34. The van der Waals surface area contributed by atoms with E-state index in [0.717, 1.165) is 11.1 Å². The van der Waals surface area contributed by atoms with Crippen molar-refractivity contribution < 1.29 is 15.0 Å². The van der Waals surface area contributed by atoms with Crippen molar-refractivity contribution in [1.29, 1.82) is 0 Å². The Labute approximate surface area is 102 Å². The van der Waals surface area contributed by atoms with E-state index in [-0.39, 0.29) is 11.2 Å². The Balaban J connectivity index is 3.39. The molecule has 0 aliphatic heterocycles. The summed E-state index contributed by atoms with van der Waals surface area (Å²) in [6.45, 7) is 9.72. The van der Waals surface area contributed by atoms with Crippen LogP contribution in [0.1, 0.15) is 50.3 Å². The van der Waals surface area contributed by atoms with E-state index < -0.39 is 11.9 Å². The Kier molecular flexibility index (Phi) is 3.51. The summed E-state index contributed by atoms with van der Waals surface area (Å²) in [6.07, 6.45) is 0.